The van der Waals surface area contributed by atoms with Crippen LogP contribution < -0.4 is 16.0 Å². The highest BCUT2D eigenvalue weighted by molar-refractivity contribution is 7.11. The minimum absolute atomic E-state index is 0.0726. The number of esters is 1. The van der Waals surface area contributed by atoms with Crippen LogP contribution in [-0.2, 0) is 9.53 Å². The number of hydrogen-bond donors (Lipinski definition) is 3. The molecule has 34 heavy (non-hydrogen) atoms. The van der Waals surface area contributed by atoms with E-state index in [-0.39, 0.29) is 24.6 Å². The van der Waals surface area contributed by atoms with Gasteiger partial charge in [0.2, 0.25) is 0 Å². The maximum Gasteiger partial charge on any atom is 0.338 e. The molecular formula is C24H29N5O4S. The van der Waals surface area contributed by atoms with E-state index in [1.807, 2.05) is 37.3 Å². The molecule has 1 aromatic heterocycles. The highest BCUT2D eigenvalue weighted by Gasteiger charge is 2.34. The number of nitrogens with zero attached hydrogens (tertiary/aromatic N) is 2. The molecule has 0 radical (unpaired) electrons. The van der Waals surface area contributed by atoms with Gasteiger partial charge in [-0.05, 0) is 32.3 Å². The number of likely N-dealkylation sites (tertiary alicyclic amines) is 1. The third-order valence-corrected chi connectivity index (χ3v) is 6.97. The van der Waals surface area contributed by atoms with Crippen molar-refractivity contribution in [2.75, 3.05) is 26.2 Å². The number of aryl methyl sites for hydroxylation is 1. The molecule has 1 fully saturated rings. The second kappa shape index (κ2) is 10.8. The molecule has 2 aliphatic rings. The van der Waals surface area contributed by atoms with Gasteiger partial charge in [-0.15, -0.1) is 11.3 Å². The smallest absolute Gasteiger partial charge is 0.338 e. The number of rotatable bonds is 7. The molecule has 1 atom stereocenters. The number of benzene rings is 1. The van der Waals surface area contributed by atoms with Gasteiger partial charge in [-0.1, -0.05) is 30.3 Å². The third kappa shape index (κ3) is 5.45. The second-order valence-corrected chi connectivity index (χ2v) is 9.20. The van der Waals surface area contributed by atoms with Crippen LogP contribution in [0.4, 0.5) is 4.79 Å². The quantitative estimate of drug-likeness (QED) is 0.522. The van der Waals surface area contributed by atoms with Gasteiger partial charge in [-0.2, -0.15) is 0 Å². The Morgan fingerprint density at radius 1 is 1.24 bits per heavy atom. The molecule has 3 N–H and O–H groups in total. The summed E-state index contributed by atoms with van der Waals surface area (Å²) in [5.74, 6) is -0.525. The lowest BCUT2D eigenvalue weighted by Crippen LogP contribution is -2.50. The maximum absolute atomic E-state index is 12.9. The molecule has 0 aliphatic carbocycles. The fourth-order valence-electron chi connectivity index (χ4n) is 4.32. The molecule has 0 saturated carbocycles. The van der Waals surface area contributed by atoms with Gasteiger partial charge in [0.25, 0.3) is 5.91 Å². The van der Waals surface area contributed by atoms with E-state index < -0.39 is 12.0 Å². The lowest BCUT2D eigenvalue weighted by Gasteiger charge is -2.35. The molecule has 9 nitrogen and oxygen atoms in total. The first-order chi connectivity index (χ1) is 16.5. The highest BCUT2D eigenvalue weighted by Crippen LogP contribution is 2.28. The van der Waals surface area contributed by atoms with Crippen molar-refractivity contribution in [3.63, 3.8) is 0 Å². The first-order valence-corrected chi connectivity index (χ1v) is 12.3. The van der Waals surface area contributed by atoms with Crippen molar-refractivity contribution < 1.29 is 19.1 Å². The van der Waals surface area contributed by atoms with Crippen LogP contribution in [0.5, 0.6) is 0 Å². The molecule has 2 aliphatic heterocycles. The molecule has 0 bridgehead atoms. The van der Waals surface area contributed by atoms with Crippen molar-refractivity contribution in [3.05, 3.63) is 63.2 Å². The molecule has 1 saturated heterocycles. The lowest BCUT2D eigenvalue weighted by atomic mass is 9.94. The van der Waals surface area contributed by atoms with E-state index in [2.05, 4.69) is 25.8 Å². The Morgan fingerprint density at radius 3 is 2.62 bits per heavy atom. The first-order valence-electron chi connectivity index (χ1n) is 11.4. The summed E-state index contributed by atoms with van der Waals surface area (Å²) >= 11 is 1.35. The Bertz CT molecular complexity index is 1080. The number of nitrogens with one attached hydrogen (secondary N) is 3. The number of carbonyl (C=O) groups is 3. The Kier molecular flexibility index (Phi) is 7.59. The average molecular weight is 484 g/mol. The predicted molar refractivity (Wildman–Crippen MR) is 128 cm³/mol. The highest BCUT2D eigenvalue weighted by atomic mass is 32.1. The van der Waals surface area contributed by atoms with Gasteiger partial charge in [0, 0.05) is 31.4 Å². The topological polar surface area (TPSA) is 113 Å². The van der Waals surface area contributed by atoms with E-state index in [4.69, 9.17) is 4.74 Å². The number of urea groups is 1. The molecule has 180 valence electrons. The van der Waals surface area contributed by atoms with Crippen molar-refractivity contribution in [1.29, 1.82) is 0 Å². The lowest BCUT2D eigenvalue weighted by molar-refractivity contribution is -0.139. The fraction of sp³-hybridized carbons (Fsp3) is 0.417. The van der Waals surface area contributed by atoms with Gasteiger partial charge in [0.05, 0.1) is 29.4 Å². The van der Waals surface area contributed by atoms with Crippen molar-refractivity contribution in [2.45, 2.75) is 38.8 Å². The summed E-state index contributed by atoms with van der Waals surface area (Å²) in [5.41, 5.74) is 4.21. The van der Waals surface area contributed by atoms with Gasteiger partial charge < -0.3 is 20.7 Å². The minimum Gasteiger partial charge on any atom is -0.463 e. The number of piperidine rings is 1. The molecule has 4 rings (SSSR count). The van der Waals surface area contributed by atoms with Crippen LogP contribution in [0.2, 0.25) is 0 Å². The molecule has 0 spiro atoms. The van der Waals surface area contributed by atoms with Crippen molar-refractivity contribution in [3.8, 4) is 0 Å². The molecular weight excluding hydrogens is 454 g/mol. The average Bonchev–Trinajstić information content (AvgIpc) is 3.26. The van der Waals surface area contributed by atoms with E-state index in [0.717, 1.165) is 37.2 Å². The minimum atomic E-state index is -0.580. The van der Waals surface area contributed by atoms with Gasteiger partial charge in [0.15, 0.2) is 0 Å². The van der Waals surface area contributed by atoms with E-state index in [1.54, 1.807) is 12.4 Å². The molecule has 3 heterocycles. The number of amides is 3. The van der Waals surface area contributed by atoms with Crippen LogP contribution in [0, 0.1) is 6.92 Å². The summed E-state index contributed by atoms with van der Waals surface area (Å²) < 4.78 is 5.34. The number of thiazole rings is 1. The van der Waals surface area contributed by atoms with Gasteiger partial charge >= 0.3 is 12.0 Å². The number of aromatic nitrogens is 1. The van der Waals surface area contributed by atoms with Gasteiger partial charge in [-0.25, -0.2) is 14.6 Å². The Morgan fingerprint density at radius 2 is 1.97 bits per heavy atom. The molecule has 3 amide bonds. The van der Waals surface area contributed by atoms with Gasteiger partial charge in [0.1, 0.15) is 4.88 Å². The summed E-state index contributed by atoms with van der Waals surface area (Å²) in [4.78, 5) is 44.9. The second-order valence-electron chi connectivity index (χ2n) is 8.35. The normalized spacial score (nSPS) is 19.4. The van der Waals surface area contributed by atoms with Crippen molar-refractivity contribution in [1.82, 2.24) is 25.8 Å². The zero-order chi connectivity index (χ0) is 24.1. The number of ether oxygens (including phenoxy) is 1. The van der Waals surface area contributed by atoms with Crippen LogP contribution in [0.15, 0.2) is 47.1 Å². The largest absolute Gasteiger partial charge is 0.463 e. The Hall–Kier alpha value is -3.24. The summed E-state index contributed by atoms with van der Waals surface area (Å²) in [5, 5.41) is 8.79. The molecule has 2 aromatic rings. The summed E-state index contributed by atoms with van der Waals surface area (Å²) in [7, 11) is 0. The standard InChI is InChI=1S/C24H29N5O4S/c1-3-33-23(31)19-18(27-24(32)28-20(19)16-7-5-4-6-8-16)13-29-11-9-17(10-12-29)26-22(30)21-15(2)25-14-34-21/h4-8,14,17,20H,3,9-13H2,1-2H3,(H,26,30)(H2,27,28,32). The fourth-order valence-corrected chi connectivity index (χ4v) is 5.02. The molecule has 1 aromatic carbocycles. The van der Waals surface area contributed by atoms with Crippen molar-refractivity contribution in [2.24, 2.45) is 0 Å². The summed E-state index contributed by atoms with van der Waals surface area (Å²) in [6.45, 7) is 5.71. The van der Waals surface area contributed by atoms with Crippen LogP contribution in [0.1, 0.15) is 46.7 Å². The Balaban J connectivity index is 1.46. The van der Waals surface area contributed by atoms with Crippen LogP contribution in [0.3, 0.4) is 0 Å². The zero-order valence-corrected chi connectivity index (χ0v) is 20.1. The van der Waals surface area contributed by atoms with Crippen LogP contribution in [-0.4, -0.2) is 60.1 Å². The SMILES string of the molecule is CCOC(=O)C1=C(CN2CCC(NC(=O)c3scnc3C)CC2)NC(=O)NC1c1ccccc1. The zero-order valence-electron chi connectivity index (χ0n) is 19.3. The van der Waals surface area contributed by atoms with Crippen molar-refractivity contribution >= 4 is 29.2 Å². The Labute approximate surface area is 202 Å². The molecule has 1 unspecified atom stereocenters. The maximum atomic E-state index is 12.9. The van der Waals surface area contributed by atoms with E-state index in [1.165, 1.54) is 11.3 Å². The van der Waals surface area contributed by atoms with E-state index >= 15 is 0 Å². The monoisotopic (exact) mass is 483 g/mol. The van der Waals surface area contributed by atoms with E-state index in [0.29, 0.717) is 22.7 Å². The predicted octanol–water partition coefficient (Wildman–Crippen LogP) is 2.52. The van der Waals surface area contributed by atoms with Crippen LogP contribution in [0.25, 0.3) is 0 Å². The summed E-state index contributed by atoms with van der Waals surface area (Å²) in [6, 6.07) is 8.54. The number of carbonyl (C=O) groups excluding carboxylic acids is 3. The van der Waals surface area contributed by atoms with Crippen LogP contribution >= 0.6 is 11.3 Å². The summed E-state index contributed by atoms with van der Waals surface area (Å²) in [6.07, 6.45) is 1.56. The third-order valence-electron chi connectivity index (χ3n) is 6.04. The number of hydrogen-bond acceptors (Lipinski definition) is 7. The van der Waals surface area contributed by atoms with E-state index in [9.17, 15) is 14.4 Å². The van der Waals surface area contributed by atoms with Gasteiger partial charge in [-0.3, -0.25) is 9.69 Å². The first kappa shape index (κ1) is 23.9. The molecule has 10 heteroatoms.